The molecule has 0 heterocycles. The number of rotatable bonds is 7. The number of aryl methyl sites for hydroxylation is 1. The van der Waals surface area contributed by atoms with E-state index in [2.05, 4.69) is 31.2 Å². The number of benzene rings is 1. The highest BCUT2D eigenvalue weighted by atomic mass is 14.5. The van der Waals surface area contributed by atoms with Gasteiger partial charge in [0.1, 0.15) is 0 Å². The second-order valence-corrected chi connectivity index (χ2v) is 4.22. The molecule has 2 heteroatoms. The Morgan fingerprint density at radius 3 is 2.44 bits per heavy atom. The van der Waals surface area contributed by atoms with Gasteiger partial charge in [0.05, 0.1) is 0 Å². The fourth-order valence-electron chi connectivity index (χ4n) is 1.95. The standard InChI is InChI=1S/C14H23N2/c1-12(6-4-10-15)14-9-3-2-7-13(14)8-5-11-16/h2-3,7,9H,4-6,8,10-11,15-16H2,1H3. The van der Waals surface area contributed by atoms with E-state index in [0.29, 0.717) is 0 Å². The number of hydrogen-bond donors (Lipinski definition) is 2. The molecule has 0 saturated heterocycles. The Labute approximate surface area is 99.0 Å². The summed E-state index contributed by atoms with van der Waals surface area (Å²) in [4.78, 5) is 0. The third kappa shape index (κ3) is 3.95. The van der Waals surface area contributed by atoms with Gasteiger partial charge in [-0.05, 0) is 49.9 Å². The van der Waals surface area contributed by atoms with E-state index >= 15 is 0 Å². The van der Waals surface area contributed by atoms with E-state index in [4.69, 9.17) is 11.5 Å². The smallest absolute Gasteiger partial charge is 0.00222 e. The molecule has 0 amide bonds. The van der Waals surface area contributed by atoms with Crippen molar-refractivity contribution in [2.24, 2.45) is 11.5 Å². The van der Waals surface area contributed by atoms with Gasteiger partial charge in [0.2, 0.25) is 0 Å². The van der Waals surface area contributed by atoms with Crippen molar-refractivity contribution < 1.29 is 0 Å². The monoisotopic (exact) mass is 219 g/mol. The second kappa shape index (κ2) is 7.42. The zero-order valence-corrected chi connectivity index (χ0v) is 10.2. The quantitative estimate of drug-likeness (QED) is 0.739. The van der Waals surface area contributed by atoms with Crippen LogP contribution in [0, 0.1) is 5.92 Å². The molecule has 1 aromatic rings. The Morgan fingerprint density at radius 1 is 1.06 bits per heavy atom. The van der Waals surface area contributed by atoms with Crippen molar-refractivity contribution >= 4 is 0 Å². The summed E-state index contributed by atoms with van der Waals surface area (Å²) in [5, 5.41) is 0. The molecule has 1 aromatic carbocycles. The molecule has 2 nitrogen and oxygen atoms in total. The van der Waals surface area contributed by atoms with Gasteiger partial charge in [-0.25, -0.2) is 0 Å². The van der Waals surface area contributed by atoms with Crippen LogP contribution in [0.15, 0.2) is 24.3 Å². The average Bonchev–Trinajstić information content (AvgIpc) is 2.33. The minimum atomic E-state index is 0.760. The topological polar surface area (TPSA) is 52.0 Å². The molecule has 0 bridgehead atoms. The van der Waals surface area contributed by atoms with Crippen LogP contribution in [0.25, 0.3) is 0 Å². The van der Waals surface area contributed by atoms with Crippen molar-refractivity contribution in [3.8, 4) is 0 Å². The Balaban J connectivity index is 2.68. The average molecular weight is 219 g/mol. The van der Waals surface area contributed by atoms with Gasteiger partial charge in [-0.1, -0.05) is 31.2 Å². The molecule has 0 aliphatic carbocycles. The highest BCUT2D eigenvalue weighted by molar-refractivity contribution is 5.37. The lowest BCUT2D eigenvalue weighted by Gasteiger charge is -2.15. The highest BCUT2D eigenvalue weighted by Gasteiger charge is 2.09. The van der Waals surface area contributed by atoms with Crippen molar-refractivity contribution in [1.29, 1.82) is 0 Å². The molecular weight excluding hydrogens is 196 g/mol. The van der Waals surface area contributed by atoms with Crippen LogP contribution in [0.5, 0.6) is 0 Å². The third-order valence-electron chi connectivity index (χ3n) is 2.88. The predicted molar refractivity (Wildman–Crippen MR) is 70.1 cm³/mol. The first-order valence-electron chi connectivity index (χ1n) is 6.10. The molecular formula is C14H23N2. The molecule has 0 fully saturated rings. The summed E-state index contributed by atoms with van der Waals surface area (Å²) >= 11 is 0. The lowest BCUT2D eigenvalue weighted by atomic mass is 9.90. The largest absolute Gasteiger partial charge is 0.330 e. The maximum atomic E-state index is 5.56. The summed E-state index contributed by atoms with van der Waals surface area (Å²) in [5.41, 5.74) is 13.9. The summed E-state index contributed by atoms with van der Waals surface area (Å²) in [6.07, 6.45) is 4.29. The molecule has 16 heavy (non-hydrogen) atoms. The SMILES string of the molecule is C[C](CCCN)c1ccccc1CCCN. The Kier molecular flexibility index (Phi) is 6.12. The summed E-state index contributed by atoms with van der Waals surface area (Å²) in [6, 6.07) is 8.62. The summed E-state index contributed by atoms with van der Waals surface area (Å²) in [5.74, 6) is 1.44. The first-order chi connectivity index (χ1) is 7.79. The maximum absolute atomic E-state index is 5.56. The van der Waals surface area contributed by atoms with Gasteiger partial charge in [-0.2, -0.15) is 0 Å². The van der Waals surface area contributed by atoms with Crippen molar-refractivity contribution in [3.63, 3.8) is 0 Å². The van der Waals surface area contributed by atoms with Gasteiger partial charge in [0.25, 0.3) is 0 Å². The predicted octanol–water partition coefficient (Wildman–Crippen LogP) is 2.26. The summed E-state index contributed by atoms with van der Waals surface area (Å²) in [7, 11) is 0. The maximum Gasteiger partial charge on any atom is 0.00222 e. The van der Waals surface area contributed by atoms with Crippen LogP contribution in [-0.2, 0) is 6.42 Å². The first-order valence-corrected chi connectivity index (χ1v) is 6.10. The minimum absolute atomic E-state index is 0.760. The minimum Gasteiger partial charge on any atom is -0.330 e. The van der Waals surface area contributed by atoms with Gasteiger partial charge < -0.3 is 11.5 Å². The Morgan fingerprint density at radius 2 is 1.75 bits per heavy atom. The van der Waals surface area contributed by atoms with Crippen LogP contribution >= 0.6 is 0 Å². The molecule has 0 aromatic heterocycles. The van der Waals surface area contributed by atoms with E-state index in [1.807, 2.05) is 0 Å². The van der Waals surface area contributed by atoms with Crippen molar-refractivity contribution in [2.75, 3.05) is 13.1 Å². The Bertz CT molecular complexity index is 297. The fourth-order valence-corrected chi connectivity index (χ4v) is 1.95. The number of nitrogens with two attached hydrogens (primary N) is 2. The van der Waals surface area contributed by atoms with Gasteiger partial charge >= 0.3 is 0 Å². The molecule has 0 aliphatic heterocycles. The van der Waals surface area contributed by atoms with Gasteiger partial charge in [-0.15, -0.1) is 0 Å². The zero-order valence-electron chi connectivity index (χ0n) is 10.2. The molecule has 89 valence electrons. The van der Waals surface area contributed by atoms with E-state index in [0.717, 1.165) is 38.8 Å². The van der Waals surface area contributed by atoms with Crippen LogP contribution in [0.4, 0.5) is 0 Å². The second-order valence-electron chi connectivity index (χ2n) is 4.22. The number of hydrogen-bond acceptors (Lipinski definition) is 2. The van der Waals surface area contributed by atoms with Crippen LogP contribution in [0.2, 0.25) is 0 Å². The van der Waals surface area contributed by atoms with Gasteiger partial charge in [0, 0.05) is 5.92 Å². The van der Waals surface area contributed by atoms with Crippen LogP contribution in [0.3, 0.4) is 0 Å². The fraction of sp³-hybridized carbons (Fsp3) is 0.500. The molecule has 0 atom stereocenters. The molecule has 1 rings (SSSR count). The molecule has 4 N–H and O–H groups in total. The summed E-state index contributed by atoms with van der Waals surface area (Å²) in [6.45, 7) is 3.73. The van der Waals surface area contributed by atoms with E-state index in [1.54, 1.807) is 0 Å². The molecule has 0 unspecified atom stereocenters. The molecule has 0 saturated carbocycles. The van der Waals surface area contributed by atoms with E-state index in [1.165, 1.54) is 17.0 Å². The third-order valence-corrected chi connectivity index (χ3v) is 2.88. The van der Waals surface area contributed by atoms with Crippen LogP contribution < -0.4 is 11.5 Å². The van der Waals surface area contributed by atoms with E-state index < -0.39 is 0 Å². The highest BCUT2D eigenvalue weighted by Crippen LogP contribution is 2.23. The zero-order chi connectivity index (χ0) is 11.8. The van der Waals surface area contributed by atoms with Crippen LogP contribution in [-0.4, -0.2) is 13.1 Å². The van der Waals surface area contributed by atoms with Crippen molar-refractivity contribution in [1.82, 2.24) is 0 Å². The molecule has 0 aliphatic rings. The van der Waals surface area contributed by atoms with Crippen molar-refractivity contribution in [3.05, 3.63) is 41.3 Å². The van der Waals surface area contributed by atoms with Crippen molar-refractivity contribution in [2.45, 2.75) is 32.6 Å². The molecule has 0 spiro atoms. The van der Waals surface area contributed by atoms with Gasteiger partial charge in [-0.3, -0.25) is 0 Å². The summed E-state index contributed by atoms with van der Waals surface area (Å²) < 4.78 is 0. The van der Waals surface area contributed by atoms with E-state index in [-0.39, 0.29) is 0 Å². The van der Waals surface area contributed by atoms with E-state index in [9.17, 15) is 0 Å². The van der Waals surface area contributed by atoms with Gasteiger partial charge in [0.15, 0.2) is 0 Å². The Hall–Kier alpha value is -0.860. The lowest BCUT2D eigenvalue weighted by molar-refractivity contribution is 0.760. The van der Waals surface area contributed by atoms with Crippen LogP contribution in [0.1, 0.15) is 37.3 Å². The normalized spacial score (nSPS) is 11.0. The molecule has 1 radical (unpaired) electrons. The lowest BCUT2D eigenvalue weighted by Crippen LogP contribution is -2.06. The first kappa shape index (κ1) is 13.2.